The predicted octanol–water partition coefficient (Wildman–Crippen LogP) is 1.08. The zero-order valence-electron chi connectivity index (χ0n) is 10.3. The van der Waals surface area contributed by atoms with Gasteiger partial charge in [0.1, 0.15) is 13.2 Å². The summed E-state index contributed by atoms with van der Waals surface area (Å²) >= 11 is 0. The molecule has 0 fully saturated rings. The lowest BCUT2D eigenvalue weighted by atomic mass is 10.2. The van der Waals surface area contributed by atoms with Crippen LogP contribution in [0.25, 0.3) is 0 Å². The van der Waals surface area contributed by atoms with Crippen LogP contribution in [0, 0.1) is 0 Å². The fourth-order valence-corrected chi connectivity index (χ4v) is 1.87. The van der Waals surface area contributed by atoms with E-state index in [1.807, 2.05) is 6.07 Å². The Hall–Kier alpha value is -2.44. The number of fused-ring (bicyclic) bond motifs is 1. The maximum Gasteiger partial charge on any atom is 0.228 e. The first-order valence-electron chi connectivity index (χ1n) is 6.01. The third kappa shape index (κ3) is 2.54. The van der Waals surface area contributed by atoms with Crippen LogP contribution in [0.3, 0.4) is 0 Å². The zero-order valence-corrected chi connectivity index (χ0v) is 10.3. The monoisotopic (exact) mass is 262 g/mol. The smallest absolute Gasteiger partial charge is 0.228 e. The molecule has 0 amide bonds. The minimum atomic E-state index is 0.552. The van der Waals surface area contributed by atoms with E-state index in [9.17, 15) is 0 Å². The number of nitrogen functional groups attached to an aromatic ring is 1. The average molecular weight is 262 g/mol. The lowest BCUT2D eigenvalue weighted by molar-refractivity contribution is 0.172. The summed E-state index contributed by atoms with van der Waals surface area (Å²) in [7, 11) is 0. The number of anilines is 2. The number of nitrogens with zero attached hydrogens (tertiary/aromatic N) is 2. The molecule has 100 valence electrons. The first-order valence-corrected chi connectivity index (χ1v) is 6.01. The topological polar surface area (TPSA) is 95.4 Å². The second-order valence-electron chi connectivity index (χ2n) is 4.09. The number of rotatable bonds is 4. The van der Waals surface area contributed by atoms with Crippen molar-refractivity contribution in [2.24, 2.45) is 0 Å². The molecule has 19 heavy (non-hydrogen) atoms. The molecule has 0 bridgehead atoms. The lowest BCUT2D eigenvalue weighted by Crippen LogP contribution is -2.16. The summed E-state index contributed by atoms with van der Waals surface area (Å²) in [4.78, 5) is 3.95. The van der Waals surface area contributed by atoms with Gasteiger partial charge in [-0.1, -0.05) is 5.16 Å². The molecule has 1 aromatic heterocycles. The van der Waals surface area contributed by atoms with Crippen molar-refractivity contribution in [1.29, 1.82) is 0 Å². The number of benzene rings is 1. The maximum atomic E-state index is 5.95. The van der Waals surface area contributed by atoms with Crippen molar-refractivity contribution in [3.05, 3.63) is 24.4 Å². The lowest BCUT2D eigenvalue weighted by Gasteiger charge is -2.20. The number of hydrogen-bond acceptors (Lipinski definition) is 7. The molecular weight excluding hydrogens is 248 g/mol. The molecule has 0 atom stereocenters. The molecule has 0 spiro atoms. The van der Waals surface area contributed by atoms with E-state index in [1.165, 1.54) is 6.33 Å². The maximum absolute atomic E-state index is 5.95. The molecular formula is C12H14N4O3. The van der Waals surface area contributed by atoms with Gasteiger partial charge < -0.3 is 25.0 Å². The second-order valence-corrected chi connectivity index (χ2v) is 4.09. The molecule has 0 aliphatic carbocycles. The molecule has 1 aromatic carbocycles. The molecule has 2 aromatic rings. The zero-order chi connectivity index (χ0) is 13.1. The molecule has 2 heterocycles. The number of hydrogen-bond donors (Lipinski definition) is 2. The Morgan fingerprint density at radius 3 is 2.74 bits per heavy atom. The van der Waals surface area contributed by atoms with Gasteiger partial charge in [0, 0.05) is 25.1 Å². The molecule has 0 saturated carbocycles. The van der Waals surface area contributed by atoms with Crippen molar-refractivity contribution < 1.29 is 14.0 Å². The first kappa shape index (κ1) is 11.6. The highest BCUT2D eigenvalue weighted by molar-refractivity contribution is 5.72. The Morgan fingerprint density at radius 1 is 1.21 bits per heavy atom. The Morgan fingerprint density at radius 2 is 2.00 bits per heavy atom. The van der Waals surface area contributed by atoms with Gasteiger partial charge in [0.05, 0.1) is 11.4 Å². The van der Waals surface area contributed by atoms with Gasteiger partial charge >= 0.3 is 0 Å². The summed E-state index contributed by atoms with van der Waals surface area (Å²) < 4.78 is 15.9. The van der Waals surface area contributed by atoms with Crippen molar-refractivity contribution >= 4 is 11.4 Å². The van der Waals surface area contributed by atoms with E-state index in [-0.39, 0.29) is 0 Å². The molecule has 7 heteroatoms. The van der Waals surface area contributed by atoms with Gasteiger partial charge in [0.25, 0.3) is 0 Å². The van der Waals surface area contributed by atoms with Gasteiger partial charge in [-0.3, -0.25) is 0 Å². The quantitative estimate of drug-likeness (QED) is 0.796. The molecule has 0 unspecified atom stereocenters. The van der Waals surface area contributed by atoms with Gasteiger partial charge in [-0.25, -0.2) is 0 Å². The fraction of sp³-hybridized carbons (Fsp3) is 0.333. The van der Waals surface area contributed by atoms with E-state index in [0.29, 0.717) is 49.3 Å². The molecule has 0 radical (unpaired) electrons. The normalized spacial score (nSPS) is 13.3. The molecule has 7 nitrogen and oxygen atoms in total. The number of nitrogens with two attached hydrogens (primary N) is 1. The Labute approximate surface area is 109 Å². The van der Waals surface area contributed by atoms with Crippen molar-refractivity contribution in [2.45, 2.75) is 6.42 Å². The molecule has 0 saturated heterocycles. The second kappa shape index (κ2) is 5.05. The third-order valence-electron chi connectivity index (χ3n) is 2.78. The van der Waals surface area contributed by atoms with E-state index in [1.54, 1.807) is 6.07 Å². The molecule has 3 N–H and O–H groups in total. The van der Waals surface area contributed by atoms with E-state index in [2.05, 4.69) is 15.5 Å². The van der Waals surface area contributed by atoms with Crippen LogP contribution in [0.2, 0.25) is 0 Å². The predicted molar refractivity (Wildman–Crippen MR) is 68.3 cm³/mol. The SMILES string of the molecule is Nc1cc2c(cc1NCCc1ncno1)OCCO2. The number of aromatic nitrogens is 2. The molecule has 1 aliphatic rings. The van der Waals surface area contributed by atoms with E-state index in [0.717, 1.165) is 5.69 Å². The van der Waals surface area contributed by atoms with Crippen molar-refractivity contribution in [3.63, 3.8) is 0 Å². The minimum absolute atomic E-state index is 0.552. The fourth-order valence-electron chi connectivity index (χ4n) is 1.87. The average Bonchev–Trinajstić information content (AvgIpc) is 2.92. The summed E-state index contributed by atoms with van der Waals surface area (Å²) in [6.45, 7) is 1.75. The van der Waals surface area contributed by atoms with Gasteiger partial charge in [0.2, 0.25) is 5.89 Å². The minimum Gasteiger partial charge on any atom is -0.486 e. The van der Waals surface area contributed by atoms with Crippen molar-refractivity contribution in [3.8, 4) is 11.5 Å². The Kier molecular flexibility index (Phi) is 3.09. The summed E-state index contributed by atoms with van der Waals surface area (Å²) in [5, 5.41) is 6.76. The molecule has 1 aliphatic heterocycles. The Balaban J connectivity index is 1.67. The highest BCUT2D eigenvalue weighted by Crippen LogP contribution is 2.36. The van der Waals surface area contributed by atoms with Crippen LogP contribution in [0.15, 0.2) is 23.0 Å². The summed E-state index contributed by atoms with van der Waals surface area (Å²) in [5.41, 5.74) is 7.38. The van der Waals surface area contributed by atoms with Crippen LogP contribution in [0.1, 0.15) is 5.89 Å². The molecule has 3 rings (SSSR count). The Bertz CT molecular complexity index is 556. The van der Waals surface area contributed by atoms with Gasteiger partial charge in [-0.15, -0.1) is 0 Å². The van der Waals surface area contributed by atoms with Crippen LogP contribution >= 0.6 is 0 Å². The standard InChI is InChI=1S/C12H14N4O3/c13-8-5-10-11(18-4-3-17-10)6-9(8)14-2-1-12-15-7-16-19-12/h5-7,14H,1-4,13H2. The van der Waals surface area contributed by atoms with Gasteiger partial charge in [0.15, 0.2) is 17.8 Å². The van der Waals surface area contributed by atoms with Crippen LogP contribution in [-0.2, 0) is 6.42 Å². The largest absolute Gasteiger partial charge is 0.486 e. The van der Waals surface area contributed by atoms with Gasteiger partial charge in [-0.05, 0) is 0 Å². The van der Waals surface area contributed by atoms with E-state index >= 15 is 0 Å². The highest BCUT2D eigenvalue weighted by Gasteiger charge is 2.14. The van der Waals surface area contributed by atoms with E-state index in [4.69, 9.17) is 19.7 Å². The van der Waals surface area contributed by atoms with E-state index < -0.39 is 0 Å². The van der Waals surface area contributed by atoms with Crippen LogP contribution in [0.4, 0.5) is 11.4 Å². The third-order valence-corrected chi connectivity index (χ3v) is 2.78. The summed E-state index contributed by atoms with van der Waals surface area (Å²) in [6, 6.07) is 3.61. The van der Waals surface area contributed by atoms with Crippen LogP contribution < -0.4 is 20.5 Å². The van der Waals surface area contributed by atoms with Crippen molar-refractivity contribution in [1.82, 2.24) is 10.1 Å². The van der Waals surface area contributed by atoms with Crippen molar-refractivity contribution in [2.75, 3.05) is 30.8 Å². The summed E-state index contributed by atoms with van der Waals surface area (Å²) in [6.07, 6.45) is 2.02. The number of nitrogens with one attached hydrogen (secondary N) is 1. The van der Waals surface area contributed by atoms with Crippen LogP contribution in [-0.4, -0.2) is 29.9 Å². The first-order chi connectivity index (χ1) is 9.33. The highest BCUT2D eigenvalue weighted by atomic mass is 16.6. The summed E-state index contributed by atoms with van der Waals surface area (Å²) in [5.74, 6) is 1.98. The number of ether oxygens (including phenoxy) is 2. The van der Waals surface area contributed by atoms with Crippen LogP contribution in [0.5, 0.6) is 11.5 Å². The van der Waals surface area contributed by atoms with Gasteiger partial charge in [-0.2, -0.15) is 4.98 Å².